The second-order valence-corrected chi connectivity index (χ2v) is 5.37. The van der Waals surface area contributed by atoms with Crippen LogP contribution in [0.5, 0.6) is 0 Å². The lowest BCUT2D eigenvalue weighted by Gasteiger charge is -2.13. The molecule has 0 rings (SSSR count). The zero-order chi connectivity index (χ0) is 14.3. The average Bonchev–Trinajstić information content (AvgIpc) is 2.35. The molecule has 0 aromatic carbocycles. The highest BCUT2D eigenvalue weighted by Gasteiger charge is 2.04. The summed E-state index contributed by atoms with van der Waals surface area (Å²) < 4.78 is 16.3. The highest BCUT2D eigenvalue weighted by Crippen LogP contribution is 2.05. The van der Waals surface area contributed by atoms with Crippen molar-refractivity contribution in [3.63, 3.8) is 0 Å². The van der Waals surface area contributed by atoms with E-state index in [0.717, 1.165) is 32.5 Å². The third-order valence-electron chi connectivity index (χ3n) is 2.79. The third kappa shape index (κ3) is 15.8. The van der Waals surface area contributed by atoms with E-state index in [-0.39, 0.29) is 6.04 Å². The van der Waals surface area contributed by atoms with Gasteiger partial charge in [-0.15, -0.1) is 0 Å². The van der Waals surface area contributed by atoms with Crippen LogP contribution in [0.3, 0.4) is 0 Å². The van der Waals surface area contributed by atoms with Crippen LogP contribution in [0.25, 0.3) is 0 Å². The molecule has 1 atom stereocenters. The first kappa shape index (κ1) is 18.8. The molecule has 0 aliphatic heterocycles. The van der Waals surface area contributed by atoms with Gasteiger partial charge in [0.25, 0.3) is 0 Å². The molecule has 0 saturated heterocycles. The molecule has 0 amide bonds. The quantitative estimate of drug-likeness (QED) is 0.495. The smallest absolute Gasteiger partial charge is 0.0701 e. The molecule has 0 fully saturated rings. The fraction of sp³-hybridized carbons (Fsp3) is 1.00. The first-order valence-electron chi connectivity index (χ1n) is 7.65. The molecule has 0 bridgehead atoms. The number of unbranched alkanes of at least 4 members (excludes halogenated alkanes) is 1. The van der Waals surface area contributed by atoms with Crippen molar-refractivity contribution in [2.45, 2.75) is 52.5 Å². The molecule has 2 N–H and O–H groups in total. The predicted octanol–water partition coefficient (Wildman–Crippen LogP) is 2.60. The molecule has 0 aliphatic carbocycles. The van der Waals surface area contributed by atoms with Gasteiger partial charge in [-0.25, -0.2) is 0 Å². The van der Waals surface area contributed by atoms with Crippen molar-refractivity contribution >= 4 is 0 Å². The van der Waals surface area contributed by atoms with Crippen LogP contribution in [0.1, 0.15) is 46.5 Å². The summed E-state index contributed by atoms with van der Waals surface area (Å²) in [7, 11) is 0. The molecule has 0 saturated carbocycles. The SMILES string of the molecule is CCCCOCCOCCOCCC(N)CC(C)C. The molecule has 0 aliphatic rings. The Labute approximate surface area is 119 Å². The van der Waals surface area contributed by atoms with Crippen LogP contribution in [-0.4, -0.2) is 45.7 Å². The molecular formula is C15H33NO3. The number of hydrogen-bond acceptors (Lipinski definition) is 4. The molecular weight excluding hydrogens is 242 g/mol. The average molecular weight is 275 g/mol. The van der Waals surface area contributed by atoms with E-state index < -0.39 is 0 Å². The molecule has 0 spiro atoms. The molecule has 0 aromatic heterocycles. The van der Waals surface area contributed by atoms with Gasteiger partial charge in [-0.1, -0.05) is 27.2 Å². The summed E-state index contributed by atoms with van der Waals surface area (Å²) in [6.45, 7) is 10.7. The van der Waals surface area contributed by atoms with Crippen LogP contribution in [0.15, 0.2) is 0 Å². The fourth-order valence-electron chi connectivity index (χ4n) is 1.75. The normalized spacial score (nSPS) is 13.1. The van der Waals surface area contributed by atoms with Crippen molar-refractivity contribution in [2.75, 3.05) is 39.6 Å². The first-order chi connectivity index (χ1) is 9.16. The van der Waals surface area contributed by atoms with E-state index in [4.69, 9.17) is 19.9 Å². The minimum atomic E-state index is 0.257. The summed E-state index contributed by atoms with van der Waals surface area (Å²) in [5.74, 6) is 0.658. The molecule has 0 heterocycles. The van der Waals surface area contributed by atoms with Gasteiger partial charge in [0.05, 0.1) is 26.4 Å². The number of ether oxygens (including phenoxy) is 3. The third-order valence-corrected chi connectivity index (χ3v) is 2.79. The predicted molar refractivity (Wildman–Crippen MR) is 79.4 cm³/mol. The van der Waals surface area contributed by atoms with Gasteiger partial charge in [-0.05, 0) is 25.2 Å². The minimum absolute atomic E-state index is 0.257. The van der Waals surface area contributed by atoms with Crippen LogP contribution in [0.4, 0.5) is 0 Å². The largest absolute Gasteiger partial charge is 0.379 e. The van der Waals surface area contributed by atoms with Crippen molar-refractivity contribution in [3.05, 3.63) is 0 Å². The van der Waals surface area contributed by atoms with Gasteiger partial charge in [0.2, 0.25) is 0 Å². The molecule has 0 aromatic rings. The summed E-state index contributed by atoms with van der Waals surface area (Å²) in [5, 5.41) is 0. The lowest BCUT2D eigenvalue weighted by molar-refractivity contribution is 0.0128. The van der Waals surface area contributed by atoms with E-state index >= 15 is 0 Å². The van der Waals surface area contributed by atoms with Gasteiger partial charge in [-0.3, -0.25) is 0 Å². The first-order valence-corrected chi connectivity index (χ1v) is 7.65. The number of rotatable bonds is 14. The molecule has 4 heteroatoms. The highest BCUT2D eigenvalue weighted by atomic mass is 16.5. The Bertz CT molecular complexity index is 177. The molecule has 0 radical (unpaired) electrons. The van der Waals surface area contributed by atoms with Gasteiger partial charge >= 0.3 is 0 Å². The van der Waals surface area contributed by atoms with E-state index in [0.29, 0.717) is 32.3 Å². The van der Waals surface area contributed by atoms with E-state index in [1.54, 1.807) is 0 Å². The molecule has 4 nitrogen and oxygen atoms in total. The van der Waals surface area contributed by atoms with Gasteiger partial charge < -0.3 is 19.9 Å². The van der Waals surface area contributed by atoms with Crippen LogP contribution in [0.2, 0.25) is 0 Å². The van der Waals surface area contributed by atoms with Crippen molar-refractivity contribution in [2.24, 2.45) is 11.7 Å². The lowest BCUT2D eigenvalue weighted by atomic mass is 10.0. The van der Waals surface area contributed by atoms with E-state index in [1.165, 1.54) is 6.42 Å². The monoisotopic (exact) mass is 275 g/mol. The summed E-state index contributed by atoms with van der Waals surface area (Å²) in [5.41, 5.74) is 5.97. The summed E-state index contributed by atoms with van der Waals surface area (Å²) in [6, 6.07) is 0.257. The van der Waals surface area contributed by atoms with Gasteiger partial charge in [0, 0.05) is 19.3 Å². The standard InChI is InChI=1S/C15H33NO3/c1-4-5-7-17-9-11-19-12-10-18-8-6-15(16)13-14(2)3/h14-15H,4-13,16H2,1-3H3. The van der Waals surface area contributed by atoms with Crippen LogP contribution in [0, 0.1) is 5.92 Å². The van der Waals surface area contributed by atoms with Gasteiger partial charge in [0.1, 0.15) is 0 Å². The Kier molecular flexibility index (Phi) is 14.1. The van der Waals surface area contributed by atoms with Crippen LogP contribution < -0.4 is 5.73 Å². The van der Waals surface area contributed by atoms with Gasteiger partial charge in [0.15, 0.2) is 0 Å². The second-order valence-electron chi connectivity index (χ2n) is 5.37. The maximum atomic E-state index is 5.97. The van der Waals surface area contributed by atoms with Crippen molar-refractivity contribution in [1.82, 2.24) is 0 Å². The topological polar surface area (TPSA) is 53.7 Å². The van der Waals surface area contributed by atoms with Crippen molar-refractivity contribution in [3.8, 4) is 0 Å². The summed E-state index contributed by atoms with van der Waals surface area (Å²) >= 11 is 0. The Hall–Kier alpha value is -0.160. The van der Waals surface area contributed by atoms with Crippen molar-refractivity contribution < 1.29 is 14.2 Å². The minimum Gasteiger partial charge on any atom is -0.379 e. The van der Waals surface area contributed by atoms with E-state index in [9.17, 15) is 0 Å². The summed E-state index contributed by atoms with van der Waals surface area (Å²) in [4.78, 5) is 0. The Morgan fingerprint density at radius 2 is 1.37 bits per heavy atom. The zero-order valence-electron chi connectivity index (χ0n) is 13.0. The maximum absolute atomic E-state index is 5.97. The number of nitrogens with two attached hydrogens (primary N) is 1. The maximum Gasteiger partial charge on any atom is 0.0701 e. The molecule has 1 unspecified atom stereocenters. The van der Waals surface area contributed by atoms with Crippen LogP contribution >= 0.6 is 0 Å². The lowest BCUT2D eigenvalue weighted by Crippen LogP contribution is -2.24. The Morgan fingerprint density at radius 1 is 0.842 bits per heavy atom. The zero-order valence-corrected chi connectivity index (χ0v) is 13.0. The fourth-order valence-corrected chi connectivity index (χ4v) is 1.75. The highest BCUT2D eigenvalue weighted by molar-refractivity contribution is 4.62. The Balaban J connectivity index is 3.06. The summed E-state index contributed by atoms with van der Waals surface area (Å²) in [6.07, 6.45) is 4.29. The number of hydrogen-bond donors (Lipinski definition) is 1. The van der Waals surface area contributed by atoms with Crippen LogP contribution in [-0.2, 0) is 14.2 Å². The van der Waals surface area contributed by atoms with E-state index in [1.807, 2.05) is 0 Å². The van der Waals surface area contributed by atoms with Crippen molar-refractivity contribution in [1.29, 1.82) is 0 Å². The van der Waals surface area contributed by atoms with E-state index in [2.05, 4.69) is 20.8 Å². The Morgan fingerprint density at radius 3 is 1.89 bits per heavy atom. The van der Waals surface area contributed by atoms with Gasteiger partial charge in [-0.2, -0.15) is 0 Å². The molecule has 116 valence electrons. The second kappa shape index (κ2) is 14.3. The molecule has 19 heavy (non-hydrogen) atoms.